The van der Waals surface area contributed by atoms with Crippen molar-refractivity contribution >= 4 is 17.7 Å². The topological polar surface area (TPSA) is 101 Å². The standard InChI is InChI=1S/C22H35N3O3/c23-21(28)18-3-1-14(2-4-18)12-24-20(27)13-25-19(26)11-22-8-15-5-16(9-22)7-17(6-15)10-22/h14-18H,1-13H2,(H2,23,28)(H,24,27)(H,25,26). The zero-order valence-corrected chi connectivity index (χ0v) is 16.9. The number of primary amides is 1. The first-order valence-corrected chi connectivity index (χ1v) is 11.2. The van der Waals surface area contributed by atoms with E-state index in [9.17, 15) is 14.4 Å². The van der Waals surface area contributed by atoms with Gasteiger partial charge in [0.2, 0.25) is 17.7 Å². The van der Waals surface area contributed by atoms with Crippen LogP contribution in [0.25, 0.3) is 0 Å². The van der Waals surface area contributed by atoms with Crippen molar-refractivity contribution in [1.82, 2.24) is 10.6 Å². The van der Waals surface area contributed by atoms with E-state index < -0.39 is 0 Å². The van der Waals surface area contributed by atoms with Gasteiger partial charge in [0.1, 0.15) is 0 Å². The van der Waals surface area contributed by atoms with Crippen LogP contribution in [-0.4, -0.2) is 30.8 Å². The highest BCUT2D eigenvalue weighted by Crippen LogP contribution is 2.61. The van der Waals surface area contributed by atoms with Crippen molar-refractivity contribution in [2.24, 2.45) is 40.7 Å². The summed E-state index contributed by atoms with van der Waals surface area (Å²) in [5.41, 5.74) is 5.58. The molecule has 0 aromatic carbocycles. The van der Waals surface area contributed by atoms with E-state index in [0.717, 1.165) is 43.4 Å². The molecular formula is C22H35N3O3. The van der Waals surface area contributed by atoms with E-state index >= 15 is 0 Å². The van der Waals surface area contributed by atoms with Crippen LogP contribution in [0.2, 0.25) is 0 Å². The van der Waals surface area contributed by atoms with Gasteiger partial charge in [0.05, 0.1) is 6.54 Å². The van der Waals surface area contributed by atoms with Crippen LogP contribution in [0.5, 0.6) is 0 Å². The molecule has 0 spiro atoms. The lowest BCUT2D eigenvalue weighted by molar-refractivity contribution is -0.132. The third-order valence-electron chi connectivity index (χ3n) is 7.98. The minimum atomic E-state index is -0.204. The minimum absolute atomic E-state index is 0.00387. The van der Waals surface area contributed by atoms with E-state index in [0.29, 0.717) is 18.9 Å². The second-order valence-electron chi connectivity index (χ2n) is 10.3. The van der Waals surface area contributed by atoms with Crippen molar-refractivity contribution in [3.63, 3.8) is 0 Å². The van der Waals surface area contributed by atoms with Crippen molar-refractivity contribution in [1.29, 1.82) is 0 Å². The monoisotopic (exact) mass is 389 g/mol. The molecule has 5 aliphatic rings. The summed E-state index contributed by atoms with van der Waals surface area (Å²) in [7, 11) is 0. The average molecular weight is 390 g/mol. The Bertz CT molecular complexity index is 589. The van der Waals surface area contributed by atoms with Crippen LogP contribution in [0, 0.1) is 35.0 Å². The minimum Gasteiger partial charge on any atom is -0.369 e. The summed E-state index contributed by atoms with van der Waals surface area (Å²) in [6.07, 6.45) is 11.9. The van der Waals surface area contributed by atoms with E-state index in [-0.39, 0.29) is 35.6 Å². The second kappa shape index (κ2) is 8.03. The number of amides is 3. The Labute approximate surface area is 167 Å². The number of carbonyl (C=O) groups is 3. The Kier molecular flexibility index (Phi) is 5.66. The van der Waals surface area contributed by atoms with Gasteiger partial charge in [0, 0.05) is 18.9 Å². The molecular weight excluding hydrogens is 354 g/mol. The van der Waals surface area contributed by atoms with Crippen LogP contribution in [0.4, 0.5) is 0 Å². The van der Waals surface area contributed by atoms with E-state index in [2.05, 4.69) is 10.6 Å². The zero-order chi connectivity index (χ0) is 19.7. The van der Waals surface area contributed by atoms with Gasteiger partial charge in [-0.15, -0.1) is 0 Å². The Morgan fingerprint density at radius 1 is 0.821 bits per heavy atom. The van der Waals surface area contributed by atoms with Crippen LogP contribution >= 0.6 is 0 Å². The van der Waals surface area contributed by atoms with Crippen LogP contribution in [0.15, 0.2) is 0 Å². The number of rotatable bonds is 7. The molecule has 0 heterocycles. The van der Waals surface area contributed by atoms with Crippen molar-refractivity contribution < 1.29 is 14.4 Å². The van der Waals surface area contributed by atoms with Crippen LogP contribution < -0.4 is 16.4 Å². The summed E-state index contributed by atoms with van der Waals surface area (Å²) in [5.74, 6) is 2.64. The van der Waals surface area contributed by atoms with Gasteiger partial charge < -0.3 is 16.4 Å². The first kappa shape index (κ1) is 19.7. The molecule has 4 bridgehead atoms. The van der Waals surface area contributed by atoms with E-state index in [1.807, 2.05) is 0 Å². The maximum absolute atomic E-state index is 12.5. The second-order valence-corrected chi connectivity index (χ2v) is 10.3. The fourth-order valence-corrected chi connectivity index (χ4v) is 7.06. The normalized spacial score (nSPS) is 38.8. The molecule has 4 N–H and O–H groups in total. The molecule has 6 nitrogen and oxygen atoms in total. The number of hydrogen-bond acceptors (Lipinski definition) is 3. The van der Waals surface area contributed by atoms with E-state index in [1.54, 1.807) is 0 Å². The van der Waals surface area contributed by atoms with Gasteiger partial charge in [-0.3, -0.25) is 14.4 Å². The van der Waals surface area contributed by atoms with Gasteiger partial charge in [-0.05, 0) is 93.3 Å². The Morgan fingerprint density at radius 2 is 1.39 bits per heavy atom. The van der Waals surface area contributed by atoms with E-state index in [1.165, 1.54) is 38.5 Å². The summed E-state index contributed by atoms with van der Waals surface area (Å²) in [5, 5.41) is 5.80. The predicted octanol–water partition coefficient (Wildman–Crippen LogP) is 2.12. The fourth-order valence-electron chi connectivity index (χ4n) is 7.06. The van der Waals surface area contributed by atoms with Crippen LogP contribution in [-0.2, 0) is 14.4 Å². The smallest absolute Gasteiger partial charge is 0.239 e. The molecule has 5 fully saturated rings. The van der Waals surface area contributed by atoms with Gasteiger partial charge in [0.15, 0.2) is 0 Å². The van der Waals surface area contributed by atoms with Gasteiger partial charge in [-0.25, -0.2) is 0 Å². The number of hydrogen-bond donors (Lipinski definition) is 3. The van der Waals surface area contributed by atoms with Crippen molar-refractivity contribution in [2.75, 3.05) is 13.1 Å². The van der Waals surface area contributed by atoms with Crippen molar-refractivity contribution in [2.45, 2.75) is 70.6 Å². The molecule has 156 valence electrons. The molecule has 0 aromatic rings. The largest absolute Gasteiger partial charge is 0.369 e. The molecule has 5 aliphatic carbocycles. The highest BCUT2D eigenvalue weighted by atomic mass is 16.2. The Balaban J connectivity index is 1.14. The molecule has 0 radical (unpaired) electrons. The van der Waals surface area contributed by atoms with Gasteiger partial charge in [0.25, 0.3) is 0 Å². The third kappa shape index (κ3) is 4.52. The summed E-state index contributed by atoms with van der Waals surface area (Å²) < 4.78 is 0. The maximum atomic E-state index is 12.5. The lowest BCUT2D eigenvalue weighted by Crippen LogP contribution is -2.48. The van der Waals surface area contributed by atoms with Crippen LogP contribution in [0.1, 0.15) is 70.6 Å². The molecule has 0 saturated heterocycles. The Morgan fingerprint density at radius 3 is 1.93 bits per heavy atom. The molecule has 5 rings (SSSR count). The number of nitrogens with one attached hydrogen (secondary N) is 2. The first-order valence-electron chi connectivity index (χ1n) is 11.2. The SMILES string of the molecule is NC(=O)C1CCC(CNC(=O)CNC(=O)CC23CC4CC(CC(C4)C2)C3)CC1. The zero-order valence-electron chi connectivity index (χ0n) is 16.9. The van der Waals surface area contributed by atoms with Gasteiger partial charge >= 0.3 is 0 Å². The first-order chi connectivity index (χ1) is 13.4. The summed E-state index contributed by atoms with van der Waals surface area (Å²) in [6.45, 7) is 0.691. The molecule has 5 saturated carbocycles. The highest BCUT2D eigenvalue weighted by molar-refractivity contribution is 5.85. The van der Waals surface area contributed by atoms with Crippen molar-refractivity contribution in [3.05, 3.63) is 0 Å². The number of carbonyl (C=O) groups excluding carboxylic acids is 3. The molecule has 0 aromatic heterocycles. The predicted molar refractivity (Wildman–Crippen MR) is 106 cm³/mol. The number of nitrogens with two attached hydrogens (primary N) is 1. The quantitative estimate of drug-likeness (QED) is 0.621. The lowest BCUT2D eigenvalue weighted by atomic mass is 9.49. The summed E-state index contributed by atoms with van der Waals surface area (Å²) in [6, 6.07) is 0. The molecule has 3 amide bonds. The molecule has 6 heteroatoms. The van der Waals surface area contributed by atoms with Crippen molar-refractivity contribution in [3.8, 4) is 0 Å². The van der Waals surface area contributed by atoms with E-state index in [4.69, 9.17) is 5.73 Å². The van der Waals surface area contributed by atoms with Gasteiger partial charge in [-0.1, -0.05) is 0 Å². The lowest BCUT2D eigenvalue weighted by Gasteiger charge is -2.56. The summed E-state index contributed by atoms with van der Waals surface area (Å²) in [4.78, 5) is 35.8. The molecule has 0 aliphatic heterocycles. The average Bonchev–Trinajstić information content (AvgIpc) is 2.63. The van der Waals surface area contributed by atoms with Crippen LogP contribution in [0.3, 0.4) is 0 Å². The fraction of sp³-hybridized carbons (Fsp3) is 0.864. The summed E-state index contributed by atoms with van der Waals surface area (Å²) >= 11 is 0. The third-order valence-corrected chi connectivity index (χ3v) is 7.98. The molecule has 0 atom stereocenters. The highest BCUT2D eigenvalue weighted by Gasteiger charge is 2.51. The molecule has 0 unspecified atom stereocenters. The van der Waals surface area contributed by atoms with Gasteiger partial charge in [-0.2, -0.15) is 0 Å². The maximum Gasteiger partial charge on any atom is 0.239 e. The Hall–Kier alpha value is -1.59. The molecule has 28 heavy (non-hydrogen) atoms.